The maximum Gasteiger partial charge on any atom is 0.233 e. The highest BCUT2D eigenvalue weighted by atomic mass is 32.2. The zero-order valence-corrected chi connectivity index (χ0v) is 17.8. The van der Waals surface area contributed by atoms with Crippen molar-refractivity contribution in [2.45, 2.75) is 38.6 Å². The Balaban J connectivity index is 1.72. The highest BCUT2D eigenvalue weighted by Gasteiger charge is 2.23. The summed E-state index contributed by atoms with van der Waals surface area (Å²) in [6, 6.07) is 6.29. The molecule has 1 aromatic heterocycles. The fourth-order valence-electron chi connectivity index (χ4n) is 3.06. The lowest BCUT2D eigenvalue weighted by atomic mass is 10.2. The third kappa shape index (κ3) is 5.70. The molecule has 1 unspecified atom stereocenters. The normalized spacial score (nSPS) is 15.6. The summed E-state index contributed by atoms with van der Waals surface area (Å²) in [5.74, 6) is 1.08. The number of hydrogen-bond donors (Lipinski definition) is 0. The Kier molecular flexibility index (Phi) is 7.49. The molecular formula is C20H27FN4O3S. The highest BCUT2D eigenvalue weighted by molar-refractivity contribution is 7.99. The van der Waals surface area contributed by atoms with Crippen LogP contribution in [0.1, 0.15) is 32.7 Å². The maximum absolute atomic E-state index is 13.9. The van der Waals surface area contributed by atoms with E-state index in [0.717, 1.165) is 0 Å². The first-order valence-corrected chi connectivity index (χ1v) is 10.8. The summed E-state index contributed by atoms with van der Waals surface area (Å²) in [6.07, 6.45) is -0.484. The van der Waals surface area contributed by atoms with E-state index in [2.05, 4.69) is 24.0 Å². The third-order valence-corrected chi connectivity index (χ3v) is 5.44. The van der Waals surface area contributed by atoms with Crippen molar-refractivity contribution < 1.29 is 18.7 Å². The zero-order valence-electron chi connectivity index (χ0n) is 17.0. The van der Waals surface area contributed by atoms with Crippen LogP contribution < -0.4 is 4.74 Å². The first-order chi connectivity index (χ1) is 14.0. The third-order valence-electron chi connectivity index (χ3n) is 4.49. The van der Waals surface area contributed by atoms with Crippen molar-refractivity contribution in [3.05, 3.63) is 35.9 Å². The average Bonchev–Trinajstić information content (AvgIpc) is 3.10. The summed E-state index contributed by atoms with van der Waals surface area (Å²) in [6.45, 7) is 9.10. The Morgan fingerprint density at radius 3 is 2.66 bits per heavy atom. The number of rotatable bonds is 8. The van der Waals surface area contributed by atoms with Crippen LogP contribution in [0.3, 0.4) is 0 Å². The molecular weight excluding hydrogens is 395 g/mol. The van der Waals surface area contributed by atoms with Crippen molar-refractivity contribution in [1.29, 1.82) is 0 Å². The van der Waals surface area contributed by atoms with Gasteiger partial charge in [0.2, 0.25) is 5.91 Å². The Bertz CT molecular complexity index is 824. The molecule has 29 heavy (non-hydrogen) atoms. The summed E-state index contributed by atoms with van der Waals surface area (Å²) < 4.78 is 27.0. The lowest BCUT2D eigenvalue weighted by Crippen LogP contribution is -2.41. The Morgan fingerprint density at radius 2 is 1.97 bits per heavy atom. The minimum Gasteiger partial charge on any atom is -0.480 e. The van der Waals surface area contributed by atoms with Crippen LogP contribution in [0.15, 0.2) is 29.4 Å². The number of benzene rings is 1. The van der Waals surface area contributed by atoms with Crippen LogP contribution in [0.25, 0.3) is 0 Å². The second-order valence-electron chi connectivity index (χ2n) is 7.32. The molecule has 1 saturated heterocycles. The number of thioether (sulfide) groups is 1. The zero-order chi connectivity index (χ0) is 20.8. The topological polar surface area (TPSA) is 69.5 Å². The lowest BCUT2D eigenvalue weighted by molar-refractivity contribution is -0.132. The van der Waals surface area contributed by atoms with E-state index >= 15 is 0 Å². The van der Waals surface area contributed by atoms with Gasteiger partial charge in [-0.25, -0.2) is 4.39 Å². The maximum atomic E-state index is 13.9. The van der Waals surface area contributed by atoms with Gasteiger partial charge in [-0.3, -0.25) is 4.79 Å². The van der Waals surface area contributed by atoms with Gasteiger partial charge in [0.15, 0.2) is 28.7 Å². The summed E-state index contributed by atoms with van der Waals surface area (Å²) >= 11 is 1.37. The van der Waals surface area contributed by atoms with Gasteiger partial charge < -0.3 is 18.9 Å². The molecule has 0 bridgehead atoms. The van der Waals surface area contributed by atoms with Crippen LogP contribution in [0, 0.1) is 11.7 Å². The molecule has 158 valence electrons. The molecule has 1 fully saturated rings. The molecule has 0 radical (unpaired) electrons. The molecule has 1 atom stereocenters. The van der Waals surface area contributed by atoms with Gasteiger partial charge in [0, 0.05) is 19.6 Å². The van der Waals surface area contributed by atoms with Crippen LogP contribution in [0.2, 0.25) is 0 Å². The fourth-order valence-corrected chi connectivity index (χ4v) is 3.92. The van der Waals surface area contributed by atoms with Crippen molar-refractivity contribution in [3.63, 3.8) is 0 Å². The lowest BCUT2D eigenvalue weighted by Gasteiger charge is -2.26. The van der Waals surface area contributed by atoms with E-state index in [1.54, 1.807) is 18.2 Å². The number of para-hydroxylation sites is 1. The standard InChI is InChI=1S/C20H27FN4O3S/c1-14(2)12-25-19(15(3)28-17-7-5-4-6-16(17)21)22-23-20(25)29-13-18(26)24-8-10-27-11-9-24/h4-7,14-15H,8-13H2,1-3H3. The number of ether oxygens (including phenoxy) is 2. The summed E-state index contributed by atoms with van der Waals surface area (Å²) in [7, 11) is 0. The van der Waals surface area contributed by atoms with Crippen LogP contribution in [0.4, 0.5) is 4.39 Å². The van der Waals surface area contributed by atoms with Crippen molar-refractivity contribution in [2.75, 3.05) is 32.1 Å². The number of halogens is 1. The first-order valence-electron chi connectivity index (χ1n) is 9.78. The SMILES string of the molecule is CC(C)Cn1c(SCC(=O)N2CCOCC2)nnc1C(C)Oc1ccccc1F. The van der Waals surface area contributed by atoms with Gasteiger partial charge in [0.25, 0.3) is 0 Å². The number of aromatic nitrogens is 3. The molecule has 0 aliphatic carbocycles. The van der Waals surface area contributed by atoms with Crippen LogP contribution in [-0.2, 0) is 16.1 Å². The summed E-state index contributed by atoms with van der Waals surface area (Å²) in [5, 5.41) is 9.23. The van der Waals surface area contributed by atoms with Gasteiger partial charge >= 0.3 is 0 Å². The second kappa shape index (κ2) is 10.1. The number of hydrogen-bond acceptors (Lipinski definition) is 6. The minimum absolute atomic E-state index is 0.0644. The smallest absolute Gasteiger partial charge is 0.233 e. The van der Waals surface area contributed by atoms with Gasteiger partial charge in [-0.1, -0.05) is 37.7 Å². The van der Waals surface area contributed by atoms with Gasteiger partial charge in [0.05, 0.1) is 19.0 Å². The molecule has 9 heteroatoms. The largest absolute Gasteiger partial charge is 0.480 e. The molecule has 7 nitrogen and oxygen atoms in total. The molecule has 2 aromatic rings. The van der Waals surface area contributed by atoms with Gasteiger partial charge in [-0.05, 0) is 25.0 Å². The van der Waals surface area contributed by atoms with E-state index < -0.39 is 11.9 Å². The number of carbonyl (C=O) groups excluding carboxylic acids is 1. The first kappa shape index (κ1) is 21.6. The molecule has 1 amide bonds. The van der Waals surface area contributed by atoms with Crippen LogP contribution in [0.5, 0.6) is 5.75 Å². The molecule has 0 N–H and O–H groups in total. The predicted molar refractivity (Wildman–Crippen MR) is 108 cm³/mol. The van der Waals surface area contributed by atoms with E-state index in [1.807, 2.05) is 16.4 Å². The van der Waals surface area contributed by atoms with Gasteiger partial charge in [-0.2, -0.15) is 0 Å². The van der Waals surface area contributed by atoms with Gasteiger partial charge in [-0.15, -0.1) is 10.2 Å². The van der Waals surface area contributed by atoms with Crippen LogP contribution in [-0.4, -0.2) is 57.6 Å². The summed E-state index contributed by atoms with van der Waals surface area (Å²) in [5.41, 5.74) is 0. The Labute approximate surface area is 174 Å². The molecule has 1 aliphatic rings. The Morgan fingerprint density at radius 1 is 1.24 bits per heavy atom. The highest BCUT2D eigenvalue weighted by Crippen LogP contribution is 2.27. The van der Waals surface area contributed by atoms with E-state index in [9.17, 15) is 9.18 Å². The predicted octanol–water partition coefficient (Wildman–Crippen LogP) is 3.16. The fraction of sp³-hybridized carbons (Fsp3) is 0.550. The van der Waals surface area contributed by atoms with E-state index in [-0.39, 0.29) is 11.7 Å². The number of nitrogens with zero attached hydrogens (tertiary/aromatic N) is 4. The number of carbonyl (C=O) groups is 1. The monoisotopic (exact) mass is 422 g/mol. The molecule has 0 saturated carbocycles. The molecule has 3 rings (SSSR count). The molecule has 0 spiro atoms. The number of morpholine rings is 1. The molecule has 1 aromatic carbocycles. The van der Waals surface area contributed by atoms with Crippen molar-refractivity contribution >= 4 is 17.7 Å². The quantitative estimate of drug-likeness (QED) is 0.609. The van der Waals surface area contributed by atoms with E-state index in [1.165, 1.54) is 17.8 Å². The second-order valence-corrected chi connectivity index (χ2v) is 8.26. The van der Waals surface area contributed by atoms with Crippen molar-refractivity contribution in [1.82, 2.24) is 19.7 Å². The van der Waals surface area contributed by atoms with Crippen molar-refractivity contribution in [2.24, 2.45) is 5.92 Å². The van der Waals surface area contributed by atoms with Crippen LogP contribution >= 0.6 is 11.8 Å². The van der Waals surface area contributed by atoms with Crippen molar-refractivity contribution in [3.8, 4) is 5.75 Å². The van der Waals surface area contributed by atoms with E-state index in [4.69, 9.17) is 9.47 Å². The minimum atomic E-state index is -0.484. The molecule has 2 heterocycles. The number of amides is 1. The summed E-state index contributed by atoms with van der Waals surface area (Å²) in [4.78, 5) is 14.3. The average molecular weight is 423 g/mol. The Hall–Kier alpha value is -2.13. The van der Waals surface area contributed by atoms with Gasteiger partial charge in [0.1, 0.15) is 0 Å². The molecule has 1 aliphatic heterocycles. The van der Waals surface area contributed by atoms with E-state index in [0.29, 0.717) is 55.5 Å².